The van der Waals surface area contributed by atoms with Crippen LogP contribution in [0.15, 0.2) is 36.7 Å². The monoisotopic (exact) mass is 290 g/mol. The molecule has 0 spiro atoms. The highest BCUT2D eigenvalue weighted by molar-refractivity contribution is 6.17. The molecule has 0 radical (unpaired) electrons. The van der Waals surface area contributed by atoms with E-state index in [1.165, 1.54) is 12.1 Å². The first-order valence-corrected chi connectivity index (χ1v) is 6.78. The van der Waals surface area contributed by atoms with E-state index >= 15 is 0 Å². The summed E-state index contributed by atoms with van der Waals surface area (Å²) in [4.78, 5) is 4.31. The molecular formula is C14H12ClFN4. The Hall–Kier alpha value is -2.01. The van der Waals surface area contributed by atoms with Crippen LogP contribution in [-0.2, 0) is 13.0 Å². The molecule has 0 amide bonds. The third-order valence-electron chi connectivity index (χ3n) is 3.02. The molecule has 2 aromatic heterocycles. The van der Waals surface area contributed by atoms with Crippen molar-refractivity contribution in [3.05, 3.63) is 53.7 Å². The van der Waals surface area contributed by atoms with Crippen molar-refractivity contribution in [1.29, 1.82) is 0 Å². The summed E-state index contributed by atoms with van der Waals surface area (Å²) in [5.74, 6) is 0.227. The molecule has 0 fully saturated rings. The van der Waals surface area contributed by atoms with Gasteiger partial charge in [-0.15, -0.1) is 16.7 Å². The first-order valence-electron chi connectivity index (χ1n) is 6.24. The molecule has 0 aliphatic heterocycles. The first-order chi connectivity index (χ1) is 9.76. The molecule has 4 nitrogen and oxygen atoms in total. The Bertz CT molecular complexity index is 741. The number of aromatic nitrogens is 4. The minimum atomic E-state index is -0.276. The number of fused-ring (bicyclic) bond motifs is 1. The molecule has 0 unspecified atom stereocenters. The minimum absolute atomic E-state index is 0.276. The molecule has 102 valence electrons. The second kappa shape index (κ2) is 5.54. The van der Waals surface area contributed by atoms with Crippen molar-refractivity contribution in [3.8, 4) is 0 Å². The molecule has 0 saturated heterocycles. The maximum Gasteiger partial charge on any atom is 0.124 e. The van der Waals surface area contributed by atoms with Gasteiger partial charge in [-0.3, -0.25) is 4.98 Å². The van der Waals surface area contributed by atoms with Crippen LogP contribution in [0.1, 0.15) is 11.3 Å². The highest BCUT2D eigenvalue weighted by Crippen LogP contribution is 2.19. The quantitative estimate of drug-likeness (QED) is 0.694. The molecule has 0 bridgehead atoms. The predicted molar refractivity (Wildman–Crippen MR) is 75.2 cm³/mol. The van der Waals surface area contributed by atoms with Gasteiger partial charge in [0.15, 0.2) is 0 Å². The third-order valence-corrected chi connectivity index (χ3v) is 3.21. The van der Waals surface area contributed by atoms with Crippen LogP contribution < -0.4 is 0 Å². The molecule has 20 heavy (non-hydrogen) atoms. The van der Waals surface area contributed by atoms with Crippen LogP contribution in [0, 0.1) is 5.82 Å². The summed E-state index contributed by atoms with van der Waals surface area (Å²) in [7, 11) is 0. The van der Waals surface area contributed by atoms with Gasteiger partial charge in [0.05, 0.1) is 17.8 Å². The lowest BCUT2D eigenvalue weighted by atomic mass is 10.1. The van der Waals surface area contributed by atoms with Gasteiger partial charge in [-0.1, -0.05) is 11.3 Å². The summed E-state index contributed by atoms with van der Waals surface area (Å²) in [5.41, 5.74) is 2.39. The fourth-order valence-corrected chi connectivity index (χ4v) is 2.34. The number of hydrogen-bond donors (Lipinski definition) is 0. The largest absolute Gasteiger partial charge is 0.256 e. The topological polar surface area (TPSA) is 43.6 Å². The zero-order valence-corrected chi connectivity index (χ0v) is 11.4. The van der Waals surface area contributed by atoms with E-state index in [9.17, 15) is 4.39 Å². The third kappa shape index (κ3) is 2.63. The summed E-state index contributed by atoms with van der Waals surface area (Å²) in [6.45, 7) is 0.431. The van der Waals surface area contributed by atoms with E-state index in [1.807, 2.05) is 12.3 Å². The molecule has 3 rings (SSSR count). The van der Waals surface area contributed by atoms with E-state index in [4.69, 9.17) is 11.6 Å². The lowest BCUT2D eigenvalue weighted by Gasteiger charge is -2.06. The minimum Gasteiger partial charge on any atom is -0.256 e. The molecule has 0 N–H and O–H groups in total. The number of benzene rings is 1. The zero-order chi connectivity index (χ0) is 13.9. The number of nitrogens with zero attached hydrogens (tertiary/aromatic N) is 4. The number of rotatable bonds is 4. The molecule has 6 heteroatoms. The van der Waals surface area contributed by atoms with E-state index < -0.39 is 0 Å². The normalized spacial score (nSPS) is 11.1. The van der Waals surface area contributed by atoms with Gasteiger partial charge >= 0.3 is 0 Å². The molecule has 0 saturated carbocycles. The molecular weight excluding hydrogens is 279 g/mol. The van der Waals surface area contributed by atoms with Crippen LogP contribution >= 0.6 is 11.6 Å². The van der Waals surface area contributed by atoms with Crippen molar-refractivity contribution in [2.75, 3.05) is 5.88 Å². The van der Waals surface area contributed by atoms with Gasteiger partial charge in [0.2, 0.25) is 0 Å². The zero-order valence-electron chi connectivity index (χ0n) is 10.6. The van der Waals surface area contributed by atoms with E-state index in [1.54, 1.807) is 16.9 Å². The van der Waals surface area contributed by atoms with Crippen LogP contribution in [-0.4, -0.2) is 25.9 Å². The number of hydrogen-bond acceptors (Lipinski definition) is 3. The van der Waals surface area contributed by atoms with Gasteiger partial charge in [0.1, 0.15) is 5.82 Å². The lowest BCUT2D eigenvalue weighted by molar-refractivity contribution is 0.617. The Morgan fingerprint density at radius 1 is 1.30 bits per heavy atom. The smallest absolute Gasteiger partial charge is 0.124 e. The Balaban J connectivity index is 1.97. The Morgan fingerprint density at radius 3 is 3.05 bits per heavy atom. The van der Waals surface area contributed by atoms with E-state index in [0.29, 0.717) is 18.8 Å². The second-order valence-corrected chi connectivity index (χ2v) is 4.86. The maximum absolute atomic E-state index is 13.6. The molecule has 1 aromatic carbocycles. The Labute approximate surface area is 120 Å². The van der Waals surface area contributed by atoms with Crippen molar-refractivity contribution < 1.29 is 4.39 Å². The fourth-order valence-electron chi connectivity index (χ4n) is 2.15. The van der Waals surface area contributed by atoms with Crippen molar-refractivity contribution in [1.82, 2.24) is 20.0 Å². The van der Waals surface area contributed by atoms with Gasteiger partial charge in [0.25, 0.3) is 0 Å². The summed E-state index contributed by atoms with van der Waals surface area (Å²) >= 11 is 5.67. The average Bonchev–Trinajstić information content (AvgIpc) is 2.86. The van der Waals surface area contributed by atoms with Gasteiger partial charge < -0.3 is 0 Å². The molecule has 0 aliphatic carbocycles. The van der Waals surface area contributed by atoms with Crippen molar-refractivity contribution >= 4 is 22.5 Å². The van der Waals surface area contributed by atoms with E-state index in [-0.39, 0.29) is 5.82 Å². The average molecular weight is 291 g/mol. The van der Waals surface area contributed by atoms with E-state index in [2.05, 4.69) is 15.3 Å². The Kier molecular flexibility index (Phi) is 3.60. The predicted octanol–water partition coefficient (Wildman–Crippen LogP) is 2.80. The molecule has 0 aliphatic rings. The lowest BCUT2D eigenvalue weighted by Crippen LogP contribution is -2.02. The first kappa shape index (κ1) is 13.0. The summed E-state index contributed by atoms with van der Waals surface area (Å²) in [6.07, 6.45) is 4.19. The summed E-state index contributed by atoms with van der Waals surface area (Å²) in [6, 6.07) is 6.60. The van der Waals surface area contributed by atoms with Crippen molar-refractivity contribution in [2.45, 2.75) is 13.0 Å². The van der Waals surface area contributed by atoms with Gasteiger partial charge in [-0.25, -0.2) is 9.07 Å². The summed E-state index contributed by atoms with van der Waals surface area (Å²) in [5, 5.41) is 8.82. The fraction of sp³-hybridized carbons (Fsp3) is 0.214. The molecule has 3 aromatic rings. The van der Waals surface area contributed by atoms with Crippen LogP contribution in [0.5, 0.6) is 0 Å². The van der Waals surface area contributed by atoms with Gasteiger partial charge in [0, 0.05) is 35.6 Å². The van der Waals surface area contributed by atoms with Gasteiger partial charge in [-0.2, -0.15) is 0 Å². The van der Waals surface area contributed by atoms with E-state index in [0.717, 1.165) is 22.2 Å². The number of halogens is 2. The highest BCUT2D eigenvalue weighted by Gasteiger charge is 2.07. The SMILES string of the molecule is Fc1cc(Cn2cc(CCCl)nn2)c2ncccc2c1. The number of pyridine rings is 1. The standard InChI is InChI=1S/C14H12ClFN4/c15-4-3-13-9-20(19-18-13)8-11-7-12(16)6-10-2-1-5-17-14(10)11/h1-2,5-7,9H,3-4,8H2. The van der Waals surface area contributed by atoms with Gasteiger partial charge in [-0.05, 0) is 18.2 Å². The number of alkyl halides is 1. The van der Waals surface area contributed by atoms with Crippen LogP contribution in [0.25, 0.3) is 10.9 Å². The number of aryl methyl sites for hydroxylation is 1. The second-order valence-electron chi connectivity index (χ2n) is 4.49. The molecule has 0 atom stereocenters. The van der Waals surface area contributed by atoms with Crippen LogP contribution in [0.2, 0.25) is 0 Å². The summed E-state index contributed by atoms with van der Waals surface area (Å²) < 4.78 is 15.3. The van der Waals surface area contributed by atoms with Crippen molar-refractivity contribution in [3.63, 3.8) is 0 Å². The van der Waals surface area contributed by atoms with Crippen LogP contribution in [0.3, 0.4) is 0 Å². The maximum atomic E-state index is 13.6. The highest BCUT2D eigenvalue weighted by atomic mass is 35.5. The van der Waals surface area contributed by atoms with Crippen molar-refractivity contribution in [2.24, 2.45) is 0 Å². The van der Waals surface area contributed by atoms with Crippen LogP contribution in [0.4, 0.5) is 4.39 Å². The Morgan fingerprint density at radius 2 is 2.20 bits per heavy atom. The molecule has 2 heterocycles.